The number of hydrogen-bond donors (Lipinski definition) is 2. The Morgan fingerprint density at radius 1 is 1.45 bits per heavy atom. The van der Waals surface area contributed by atoms with E-state index in [0.717, 1.165) is 10.7 Å². The molecule has 0 saturated carbocycles. The lowest BCUT2D eigenvalue weighted by Crippen LogP contribution is -2.04. The second kappa shape index (κ2) is 6.02. The summed E-state index contributed by atoms with van der Waals surface area (Å²) >= 11 is 9.20. The van der Waals surface area contributed by atoms with E-state index in [2.05, 4.69) is 36.5 Å². The molecule has 20 heavy (non-hydrogen) atoms. The van der Waals surface area contributed by atoms with E-state index in [9.17, 15) is 10.1 Å². The first-order chi connectivity index (χ1) is 9.51. The Balaban J connectivity index is 2.29. The molecule has 0 unspecified atom stereocenters. The summed E-state index contributed by atoms with van der Waals surface area (Å²) < 4.78 is 0.722. The zero-order chi connectivity index (χ0) is 14.7. The molecule has 7 nitrogen and oxygen atoms in total. The minimum Gasteiger partial charge on any atom is -0.367 e. The third-order valence-electron chi connectivity index (χ3n) is 2.38. The van der Waals surface area contributed by atoms with Gasteiger partial charge in [-0.2, -0.15) is 4.98 Å². The monoisotopic (exact) mass is 357 g/mol. The van der Waals surface area contributed by atoms with Gasteiger partial charge in [-0.15, -0.1) is 0 Å². The highest BCUT2D eigenvalue weighted by Crippen LogP contribution is 2.27. The highest BCUT2D eigenvalue weighted by molar-refractivity contribution is 9.10. The first kappa shape index (κ1) is 14.5. The largest absolute Gasteiger partial charge is 0.367 e. The molecule has 0 amide bonds. The molecule has 1 heterocycles. The molecule has 9 heteroatoms. The molecule has 0 aliphatic carbocycles. The molecule has 0 radical (unpaired) electrons. The Bertz CT molecular complexity index is 667. The Hall–Kier alpha value is -1.93. The maximum Gasteiger partial charge on any atom is 0.329 e. The van der Waals surface area contributed by atoms with Crippen molar-refractivity contribution in [2.24, 2.45) is 0 Å². The summed E-state index contributed by atoms with van der Waals surface area (Å²) in [6.45, 7) is 0. The Morgan fingerprint density at radius 3 is 2.80 bits per heavy atom. The van der Waals surface area contributed by atoms with Crippen LogP contribution in [0.15, 0.2) is 28.9 Å². The molecule has 0 saturated heterocycles. The van der Waals surface area contributed by atoms with Gasteiger partial charge >= 0.3 is 5.69 Å². The van der Waals surface area contributed by atoms with Gasteiger partial charge in [-0.3, -0.25) is 10.1 Å². The molecule has 2 N–H and O–H groups in total. The summed E-state index contributed by atoms with van der Waals surface area (Å²) in [4.78, 5) is 18.2. The summed E-state index contributed by atoms with van der Waals surface area (Å²) in [5.41, 5.74) is 0.521. The van der Waals surface area contributed by atoms with Crippen molar-refractivity contribution in [3.63, 3.8) is 0 Å². The molecule has 0 bridgehead atoms. The van der Waals surface area contributed by atoms with Crippen molar-refractivity contribution in [1.82, 2.24) is 9.97 Å². The van der Waals surface area contributed by atoms with Crippen molar-refractivity contribution in [2.75, 3.05) is 17.7 Å². The second-order valence-corrected chi connectivity index (χ2v) is 4.95. The molecule has 0 spiro atoms. The van der Waals surface area contributed by atoms with E-state index in [4.69, 9.17) is 11.6 Å². The summed E-state index contributed by atoms with van der Waals surface area (Å²) in [6.07, 6.45) is 1.14. The first-order valence-corrected chi connectivity index (χ1v) is 6.59. The fourth-order valence-electron chi connectivity index (χ4n) is 1.46. The Morgan fingerprint density at radius 2 is 2.20 bits per heavy atom. The van der Waals surface area contributed by atoms with Crippen LogP contribution < -0.4 is 10.6 Å². The number of aromatic nitrogens is 2. The predicted molar refractivity (Wildman–Crippen MR) is 80.7 cm³/mol. The lowest BCUT2D eigenvalue weighted by molar-refractivity contribution is -0.384. The van der Waals surface area contributed by atoms with Gasteiger partial charge in [-0.25, -0.2) is 4.98 Å². The fraction of sp³-hybridized carbons (Fsp3) is 0.0909. The van der Waals surface area contributed by atoms with Gasteiger partial charge in [-0.1, -0.05) is 11.6 Å². The van der Waals surface area contributed by atoms with Crippen molar-refractivity contribution in [1.29, 1.82) is 0 Å². The van der Waals surface area contributed by atoms with Crippen LogP contribution in [0.1, 0.15) is 0 Å². The van der Waals surface area contributed by atoms with E-state index in [1.54, 1.807) is 25.2 Å². The quantitative estimate of drug-likeness (QED) is 0.641. The Kier molecular flexibility index (Phi) is 4.35. The molecule has 1 aromatic carbocycles. The van der Waals surface area contributed by atoms with Gasteiger partial charge < -0.3 is 10.6 Å². The summed E-state index contributed by atoms with van der Waals surface area (Å²) in [7, 11) is 1.55. The number of rotatable bonds is 4. The van der Waals surface area contributed by atoms with Gasteiger partial charge in [0.05, 0.1) is 9.95 Å². The highest BCUT2D eigenvalue weighted by Gasteiger charge is 2.16. The van der Waals surface area contributed by atoms with Gasteiger partial charge in [0.2, 0.25) is 11.8 Å². The third-order valence-corrected chi connectivity index (χ3v) is 3.59. The lowest BCUT2D eigenvalue weighted by Gasteiger charge is -2.07. The number of benzene rings is 1. The average molecular weight is 359 g/mol. The minimum absolute atomic E-state index is 0.139. The predicted octanol–water partition coefficient (Wildman–Crippen LogP) is 3.59. The van der Waals surface area contributed by atoms with E-state index < -0.39 is 4.92 Å². The molecule has 0 fully saturated rings. The van der Waals surface area contributed by atoms with Gasteiger partial charge in [-0.05, 0) is 34.1 Å². The van der Waals surface area contributed by atoms with Gasteiger partial charge in [0.25, 0.3) is 0 Å². The van der Waals surface area contributed by atoms with Crippen LogP contribution in [-0.4, -0.2) is 21.9 Å². The molecule has 0 aliphatic heterocycles. The van der Waals surface area contributed by atoms with Crippen LogP contribution in [0, 0.1) is 10.1 Å². The first-order valence-electron chi connectivity index (χ1n) is 5.42. The normalized spacial score (nSPS) is 10.2. The molecule has 1 aromatic heterocycles. The van der Waals surface area contributed by atoms with E-state index in [1.807, 2.05) is 0 Å². The zero-order valence-corrected chi connectivity index (χ0v) is 12.6. The average Bonchev–Trinajstić information content (AvgIpc) is 2.42. The molecular formula is C11H9BrClN5O2. The van der Waals surface area contributed by atoms with Gasteiger partial charge in [0.15, 0.2) is 0 Å². The van der Waals surface area contributed by atoms with Gasteiger partial charge in [0, 0.05) is 17.2 Å². The van der Waals surface area contributed by atoms with Crippen molar-refractivity contribution < 1.29 is 4.92 Å². The van der Waals surface area contributed by atoms with Crippen LogP contribution in [-0.2, 0) is 0 Å². The summed E-state index contributed by atoms with van der Waals surface area (Å²) in [5, 5.41) is 17.0. The smallest absolute Gasteiger partial charge is 0.329 e. The Labute approximate surface area is 127 Å². The van der Waals surface area contributed by atoms with Crippen LogP contribution in [0.25, 0.3) is 0 Å². The van der Waals surface area contributed by atoms with Crippen molar-refractivity contribution in [3.8, 4) is 0 Å². The van der Waals surface area contributed by atoms with Gasteiger partial charge in [0.1, 0.15) is 6.20 Å². The number of anilines is 3. The number of halogens is 2. The number of hydrogen-bond acceptors (Lipinski definition) is 6. The van der Waals surface area contributed by atoms with Crippen LogP contribution in [0.5, 0.6) is 0 Å². The number of nitrogens with one attached hydrogen (secondary N) is 2. The summed E-state index contributed by atoms with van der Waals surface area (Å²) in [6, 6.07) is 5.21. The van der Waals surface area contributed by atoms with Crippen molar-refractivity contribution >= 4 is 50.7 Å². The van der Waals surface area contributed by atoms with E-state index >= 15 is 0 Å². The SMILES string of the molecule is CNc1nc(Nc2ccc(Cl)c(Br)c2)ncc1[N+](=O)[O-]. The van der Waals surface area contributed by atoms with E-state index in [1.165, 1.54) is 0 Å². The molecule has 0 atom stereocenters. The molecule has 104 valence electrons. The zero-order valence-electron chi connectivity index (χ0n) is 10.2. The summed E-state index contributed by atoms with van der Waals surface area (Å²) in [5.74, 6) is 0.384. The number of nitro groups is 1. The maximum absolute atomic E-state index is 10.8. The topological polar surface area (TPSA) is 93.0 Å². The lowest BCUT2D eigenvalue weighted by atomic mass is 10.3. The molecule has 2 aromatic rings. The third kappa shape index (κ3) is 3.14. The van der Waals surface area contributed by atoms with E-state index in [-0.39, 0.29) is 17.5 Å². The van der Waals surface area contributed by atoms with Crippen LogP contribution in [0.2, 0.25) is 5.02 Å². The fourth-order valence-corrected chi connectivity index (χ4v) is 1.95. The second-order valence-electron chi connectivity index (χ2n) is 3.69. The maximum atomic E-state index is 10.8. The molecule has 0 aliphatic rings. The molecule has 2 rings (SSSR count). The standard InChI is InChI=1S/C11H9BrClN5O2/c1-14-10-9(18(19)20)5-15-11(17-10)16-6-2-3-8(13)7(12)4-6/h2-5H,1H3,(H2,14,15,16,17). The van der Waals surface area contributed by atoms with E-state index in [0.29, 0.717) is 10.7 Å². The van der Waals surface area contributed by atoms with Crippen molar-refractivity contribution in [3.05, 3.63) is 44.0 Å². The number of nitrogens with zero attached hydrogens (tertiary/aromatic N) is 3. The van der Waals surface area contributed by atoms with Crippen LogP contribution >= 0.6 is 27.5 Å². The molecular weight excluding hydrogens is 350 g/mol. The van der Waals surface area contributed by atoms with Crippen molar-refractivity contribution in [2.45, 2.75) is 0 Å². The minimum atomic E-state index is -0.547. The highest BCUT2D eigenvalue weighted by atomic mass is 79.9. The van der Waals surface area contributed by atoms with Crippen LogP contribution in [0.4, 0.5) is 23.1 Å². The van der Waals surface area contributed by atoms with Crippen LogP contribution in [0.3, 0.4) is 0 Å².